The van der Waals surface area contributed by atoms with E-state index in [1.807, 2.05) is 62.5 Å². The van der Waals surface area contributed by atoms with Crippen LogP contribution in [0.3, 0.4) is 0 Å². The molecule has 0 aliphatic heterocycles. The van der Waals surface area contributed by atoms with Gasteiger partial charge < -0.3 is 15.4 Å². The van der Waals surface area contributed by atoms with Gasteiger partial charge in [-0.2, -0.15) is 4.98 Å². The van der Waals surface area contributed by atoms with Gasteiger partial charge in [-0.1, -0.05) is 18.2 Å². The standard InChI is InChI=1S/C19H21N5O/c1-3-25-17-9-5-4-8-16(17)23-19-22-14(2)11-18(24-19)21-13-15-7-6-10-20-12-15/h4-12H,3,13H2,1-2H3,(H2,21,22,23,24). The number of anilines is 3. The van der Waals surface area contributed by atoms with Crippen molar-refractivity contribution in [1.82, 2.24) is 15.0 Å². The van der Waals surface area contributed by atoms with Crippen molar-refractivity contribution in [2.45, 2.75) is 20.4 Å². The van der Waals surface area contributed by atoms with Crippen LogP contribution in [0.4, 0.5) is 17.5 Å². The maximum Gasteiger partial charge on any atom is 0.229 e. The van der Waals surface area contributed by atoms with Crippen LogP contribution < -0.4 is 15.4 Å². The summed E-state index contributed by atoms with van der Waals surface area (Å²) < 4.78 is 5.63. The summed E-state index contributed by atoms with van der Waals surface area (Å²) in [6.45, 7) is 5.15. The zero-order chi connectivity index (χ0) is 17.5. The molecule has 1 aromatic carbocycles. The van der Waals surface area contributed by atoms with Crippen LogP contribution >= 0.6 is 0 Å². The van der Waals surface area contributed by atoms with Crippen molar-refractivity contribution >= 4 is 17.5 Å². The average Bonchev–Trinajstić information content (AvgIpc) is 2.62. The number of nitrogens with one attached hydrogen (secondary N) is 2. The molecule has 0 atom stereocenters. The van der Waals surface area contributed by atoms with E-state index in [4.69, 9.17) is 4.74 Å². The summed E-state index contributed by atoms with van der Waals surface area (Å²) in [7, 11) is 0. The van der Waals surface area contributed by atoms with Gasteiger partial charge in [-0.25, -0.2) is 4.98 Å². The van der Waals surface area contributed by atoms with Crippen LogP contribution in [0.25, 0.3) is 0 Å². The van der Waals surface area contributed by atoms with Gasteiger partial charge >= 0.3 is 0 Å². The molecule has 128 valence electrons. The largest absolute Gasteiger partial charge is 0.492 e. The van der Waals surface area contributed by atoms with E-state index >= 15 is 0 Å². The van der Waals surface area contributed by atoms with E-state index < -0.39 is 0 Å². The van der Waals surface area contributed by atoms with E-state index in [9.17, 15) is 0 Å². The Bertz CT molecular complexity index is 823. The quantitative estimate of drug-likeness (QED) is 0.681. The van der Waals surface area contributed by atoms with Gasteiger partial charge in [-0.15, -0.1) is 0 Å². The number of para-hydroxylation sites is 2. The van der Waals surface area contributed by atoms with Crippen molar-refractivity contribution in [1.29, 1.82) is 0 Å². The summed E-state index contributed by atoms with van der Waals surface area (Å²) in [5.74, 6) is 2.06. The number of aryl methyl sites for hydroxylation is 1. The lowest BCUT2D eigenvalue weighted by Crippen LogP contribution is -2.06. The molecule has 0 unspecified atom stereocenters. The molecule has 0 amide bonds. The van der Waals surface area contributed by atoms with Crippen LogP contribution in [0.2, 0.25) is 0 Å². The summed E-state index contributed by atoms with van der Waals surface area (Å²) in [5.41, 5.74) is 2.81. The summed E-state index contributed by atoms with van der Waals surface area (Å²) >= 11 is 0. The molecule has 3 aromatic rings. The van der Waals surface area contributed by atoms with E-state index in [0.717, 1.165) is 28.5 Å². The van der Waals surface area contributed by atoms with E-state index in [0.29, 0.717) is 19.1 Å². The molecule has 25 heavy (non-hydrogen) atoms. The molecular formula is C19H21N5O. The average molecular weight is 335 g/mol. The van der Waals surface area contributed by atoms with Gasteiger partial charge in [-0.3, -0.25) is 4.98 Å². The minimum absolute atomic E-state index is 0.529. The Kier molecular flexibility index (Phi) is 5.41. The molecule has 0 saturated carbocycles. The number of rotatable bonds is 7. The van der Waals surface area contributed by atoms with Crippen molar-refractivity contribution in [2.75, 3.05) is 17.2 Å². The van der Waals surface area contributed by atoms with Gasteiger partial charge in [0.1, 0.15) is 11.6 Å². The van der Waals surface area contributed by atoms with Crippen LogP contribution in [0.5, 0.6) is 5.75 Å². The zero-order valence-electron chi connectivity index (χ0n) is 14.4. The molecule has 3 rings (SSSR count). The molecule has 0 saturated heterocycles. The van der Waals surface area contributed by atoms with Gasteiger partial charge in [-0.05, 0) is 37.6 Å². The van der Waals surface area contributed by atoms with Crippen molar-refractivity contribution in [2.24, 2.45) is 0 Å². The highest BCUT2D eigenvalue weighted by molar-refractivity contribution is 5.63. The minimum atomic E-state index is 0.529. The molecule has 0 aliphatic rings. The Balaban J connectivity index is 1.75. The third kappa shape index (κ3) is 4.67. The van der Waals surface area contributed by atoms with E-state index in [2.05, 4.69) is 25.6 Å². The monoisotopic (exact) mass is 335 g/mol. The fraction of sp³-hybridized carbons (Fsp3) is 0.211. The molecular weight excluding hydrogens is 314 g/mol. The number of benzene rings is 1. The number of aromatic nitrogens is 3. The Morgan fingerprint density at radius 3 is 2.76 bits per heavy atom. The first-order chi connectivity index (χ1) is 12.2. The predicted molar refractivity (Wildman–Crippen MR) is 99.2 cm³/mol. The first kappa shape index (κ1) is 16.7. The number of ether oxygens (including phenoxy) is 1. The SMILES string of the molecule is CCOc1ccccc1Nc1nc(C)cc(NCc2cccnc2)n1. The van der Waals surface area contributed by atoms with Gasteiger partial charge in [0.2, 0.25) is 5.95 Å². The Morgan fingerprint density at radius 2 is 1.96 bits per heavy atom. The highest BCUT2D eigenvalue weighted by atomic mass is 16.5. The van der Waals surface area contributed by atoms with Crippen LogP contribution in [0.1, 0.15) is 18.2 Å². The molecule has 0 bridgehead atoms. The summed E-state index contributed by atoms with van der Waals surface area (Å²) in [4.78, 5) is 13.1. The van der Waals surface area contributed by atoms with Crippen molar-refractivity contribution in [3.8, 4) is 5.75 Å². The van der Waals surface area contributed by atoms with E-state index in [1.54, 1.807) is 6.20 Å². The zero-order valence-corrected chi connectivity index (χ0v) is 14.4. The lowest BCUT2D eigenvalue weighted by Gasteiger charge is -2.13. The molecule has 6 nitrogen and oxygen atoms in total. The fourth-order valence-corrected chi connectivity index (χ4v) is 2.38. The van der Waals surface area contributed by atoms with Gasteiger partial charge in [0.05, 0.1) is 12.3 Å². The second kappa shape index (κ2) is 8.10. The third-order valence-corrected chi connectivity index (χ3v) is 3.48. The summed E-state index contributed by atoms with van der Waals surface area (Å²) in [6, 6.07) is 13.6. The van der Waals surface area contributed by atoms with Crippen molar-refractivity contribution < 1.29 is 4.74 Å². The number of nitrogens with zero attached hydrogens (tertiary/aromatic N) is 3. The molecule has 0 radical (unpaired) electrons. The van der Waals surface area contributed by atoms with Crippen LogP contribution in [-0.4, -0.2) is 21.6 Å². The first-order valence-electron chi connectivity index (χ1n) is 8.22. The Morgan fingerprint density at radius 1 is 1.08 bits per heavy atom. The van der Waals surface area contributed by atoms with E-state index in [-0.39, 0.29) is 0 Å². The van der Waals surface area contributed by atoms with Crippen LogP contribution in [0.15, 0.2) is 54.9 Å². The van der Waals surface area contributed by atoms with Crippen LogP contribution in [0, 0.1) is 6.92 Å². The lowest BCUT2D eigenvalue weighted by molar-refractivity contribution is 0.342. The smallest absolute Gasteiger partial charge is 0.229 e. The van der Waals surface area contributed by atoms with Crippen molar-refractivity contribution in [3.63, 3.8) is 0 Å². The minimum Gasteiger partial charge on any atom is -0.492 e. The molecule has 2 heterocycles. The summed E-state index contributed by atoms with van der Waals surface area (Å²) in [6.07, 6.45) is 3.59. The van der Waals surface area contributed by atoms with Gasteiger partial charge in [0.15, 0.2) is 0 Å². The lowest BCUT2D eigenvalue weighted by atomic mass is 10.3. The molecule has 0 spiro atoms. The van der Waals surface area contributed by atoms with Gasteiger partial charge in [0.25, 0.3) is 0 Å². The number of pyridine rings is 1. The predicted octanol–water partition coefficient (Wildman–Crippen LogP) is 3.93. The number of hydrogen-bond acceptors (Lipinski definition) is 6. The van der Waals surface area contributed by atoms with Gasteiger partial charge in [0, 0.05) is 30.7 Å². The maximum absolute atomic E-state index is 5.63. The second-order valence-electron chi connectivity index (χ2n) is 5.49. The number of hydrogen-bond donors (Lipinski definition) is 2. The molecule has 0 fully saturated rings. The van der Waals surface area contributed by atoms with E-state index in [1.165, 1.54) is 0 Å². The highest BCUT2D eigenvalue weighted by Gasteiger charge is 2.07. The highest BCUT2D eigenvalue weighted by Crippen LogP contribution is 2.26. The second-order valence-corrected chi connectivity index (χ2v) is 5.49. The Labute approximate surface area is 147 Å². The Hall–Kier alpha value is -3.15. The normalized spacial score (nSPS) is 10.3. The molecule has 2 N–H and O–H groups in total. The fourth-order valence-electron chi connectivity index (χ4n) is 2.38. The molecule has 6 heteroatoms. The third-order valence-electron chi connectivity index (χ3n) is 3.48. The van der Waals surface area contributed by atoms with Crippen molar-refractivity contribution in [3.05, 3.63) is 66.1 Å². The maximum atomic E-state index is 5.63. The molecule has 0 aliphatic carbocycles. The first-order valence-corrected chi connectivity index (χ1v) is 8.22. The van der Waals surface area contributed by atoms with Crippen LogP contribution in [-0.2, 0) is 6.54 Å². The summed E-state index contributed by atoms with van der Waals surface area (Å²) in [5, 5.41) is 6.54. The molecule has 2 aromatic heterocycles. The topological polar surface area (TPSA) is 72.0 Å².